The molecular formula is C6H16Ni3O14P2. The molecule has 19 heteroatoms. The molecule has 0 spiro atoms. The van der Waals surface area contributed by atoms with Crippen LogP contribution in [-0.4, -0.2) is 69.3 Å². The summed E-state index contributed by atoms with van der Waals surface area (Å²) in [6.45, 7) is -1.46. The van der Waals surface area contributed by atoms with Crippen LogP contribution in [0.4, 0.5) is 0 Å². The van der Waals surface area contributed by atoms with Crippen LogP contribution in [0.5, 0.6) is 0 Å². The summed E-state index contributed by atoms with van der Waals surface area (Å²) in [5.74, 6) is 0. The fourth-order valence-corrected chi connectivity index (χ4v) is 0.115. The molecule has 0 bridgehead atoms. The Hall–Kier alpha value is 1.46. The zero-order valence-electron chi connectivity index (χ0n) is 11.8. The minimum absolute atomic E-state index is 0. The Balaban J connectivity index is -0.0000000333. The topological polar surface area (TPSA) is 294 Å². The van der Waals surface area contributed by atoms with Crippen molar-refractivity contribution in [2.75, 3.05) is 26.4 Å². The van der Waals surface area contributed by atoms with Crippen molar-refractivity contribution in [2.45, 2.75) is 12.2 Å². The molecule has 0 saturated heterocycles. The fourth-order valence-electron chi connectivity index (χ4n) is 0.115. The zero-order chi connectivity index (χ0) is 19.0. The summed E-state index contributed by atoms with van der Waals surface area (Å²) in [7, 11) is -10.8. The van der Waals surface area contributed by atoms with E-state index in [2.05, 4.69) is 0 Å². The van der Waals surface area contributed by atoms with Crippen molar-refractivity contribution < 1.29 is 119 Å². The molecule has 0 aromatic carbocycles. The molecule has 0 unspecified atom stereocenters. The minimum Gasteiger partial charge on any atom is -0.822 e. The molecule has 164 valence electrons. The Morgan fingerprint density at radius 2 is 0.640 bits per heavy atom. The SMILES string of the molecule is O=P([O-])([O-])[O-].O=P([O-])([O-])[O-].OCC(O)CO.OCC(O)CO.[Ni+2].[Ni+2].[Ni+2]. The van der Waals surface area contributed by atoms with Gasteiger partial charge >= 0.3 is 49.5 Å². The molecule has 0 aliphatic carbocycles. The predicted molar refractivity (Wildman–Crippen MR) is 55.6 cm³/mol. The van der Waals surface area contributed by atoms with Crippen LogP contribution in [0.3, 0.4) is 0 Å². The Labute approximate surface area is 172 Å². The third kappa shape index (κ3) is 157. The first-order valence-electron chi connectivity index (χ1n) is 4.87. The van der Waals surface area contributed by atoms with E-state index in [1.54, 1.807) is 0 Å². The molecule has 14 nitrogen and oxygen atoms in total. The van der Waals surface area contributed by atoms with Gasteiger partial charge in [0.1, 0.15) is 12.2 Å². The van der Waals surface area contributed by atoms with Crippen molar-refractivity contribution in [3.63, 3.8) is 0 Å². The van der Waals surface area contributed by atoms with Gasteiger partial charge in [-0.1, -0.05) is 0 Å². The summed E-state index contributed by atoms with van der Waals surface area (Å²) in [6.07, 6.45) is -1.91. The van der Waals surface area contributed by atoms with Crippen molar-refractivity contribution in [3.8, 4) is 0 Å². The molecule has 0 amide bonds. The molecular weight excluding hydrogens is 534 g/mol. The Kier molecular flexibility index (Phi) is 50.1. The van der Waals surface area contributed by atoms with E-state index < -0.39 is 27.9 Å². The normalized spacial score (nSPS) is 9.52. The summed E-state index contributed by atoms with van der Waals surface area (Å²) in [4.78, 5) is 51.3. The molecule has 25 heavy (non-hydrogen) atoms. The number of hydrogen-bond acceptors (Lipinski definition) is 14. The van der Waals surface area contributed by atoms with Crippen molar-refractivity contribution >= 4 is 15.6 Å². The maximum atomic E-state index is 8.55. The van der Waals surface area contributed by atoms with Gasteiger partial charge in [0.05, 0.1) is 26.4 Å². The monoisotopic (exact) mass is 548 g/mol. The van der Waals surface area contributed by atoms with E-state index in [1.165, 1.54) is 0 Å². The van der Waals surface area contributed by atoms with Crippen LogP contribution in [0.2, 0.25) is 0 Å². The molecule has 6 N–H and O–H groups in total. The van der Waals surface area contributed by atoms with E-state index in [4.69, 9.17) is 69.1 Å². The Morgan fingerprint density at radius 3 is 0.640 bits per heavy atom. The molecule has 0 aromatic heterocycles. The second-order valence-electron chi connectivity index (χ2n) is 2.93. The number of phosphoric acid groups is 2. The van der Waals surface area contributed by atoms with Gasteiger partial charge in [-0.2, -0.15) is 15.6 Å². The van der Waals surface area contributed by atoms with Gasteiger partial charge < -0.3 is 69.1 Å². The summed E-state index contributed by atoms with van der Waals surface area (Å²) in [5, 5.41) is 48.0. The largest absolute Gasteiger partial charge is 2.00 e. The average Bonchev–Trinajstić information content (AvgIpc) is 2.33. The maximum absolute atomic E-state index is 8.55. The molecule has 0 fully saturated rings. The van der Waals surface area contributed by atoms with Crippen molar-refractivity contribution in [1.29, 1.82) is 0 Å². The predicted octanol–water partition coefficient (Wildman–Crippen LogP) is -8.99. The van der Waals surface area contributed by atoms with Crippen LogP contribution in [0.15, 0.2) is 0 Å². The van der Waals surface area contributed by atoms with Crippen LogP contribution in [0, 0.1) is 0 Å². The molecule has 0 aromatic rings. The van der Waals surface area contributed by atoms with E-state index in [0.29, 0.717) is 0 Å². The van der Waals surface area contributed by atoms with E-state index in [0.717, 1.165) is 0 Å². The van der Waals surface area contributed by atoms with Gasteiger partial charge in [-0.25, -0.2) is 0 Å². The van der Waals surface area contributed by atoms with Gasteiger partial charge in [0.2, 0.25) is 0 Å². The van der Waals surface area contributed by atoms with E-state index in [-0.39, 0.29) is 75.9 Å². The summed E-state index contributed by atoms with van der Waals surface area (Å²) in [6, 6.07) is 0. The fraction of sp³-hybridized carbons (Fsp3) is 1.00. The smallest absolute Gasteiger partial charge is 0.822 e. The molecule has 0 atom stereocenters. The van der Waals surface area contributed by atoms with Gasteiger partial charge in [-0.05, 0) is 0 Å². The molecule has 0 heterocycles. The quantitative estimate of drug-likeness (QED) is 0.140. The van der Waals surface area contributed by atoms with E-state index in [1.807, 2.05) is 0 Å². The summed E-state index contributed by atoms with van der Waals surface area (Å²) >= 11 is 0. The summed E-state index contributed by atoms with van der Waals surface area (Å²) in [5.41, 5.74) is 0. The molecule has 0 rings (SSSR count). The van der Waals surface area contributed by atoms with E-state index in [9.17, 15) is 0 Å². The Morgan fingerprint density at radius 1 is 0.560 bits per heavy atom. The number of rotatable bonds is 4. The molecule has 0 radical (unpaired) electrons. The van der Waals surface area contributed by atoms with Gasteiger partial charge in [0.15, 0.2) is 0 Å². The third-order valence-corrected chi connectivity index (χ3v) is 0.843. The van der Waals surface area contributed by atoms with Crippen LogP contribution in [-0.2, 0) is 58.6 Å². The average molecular weight is 550 g/mol. The van der Waals surface area contributed by atoms with Crippen molar-refractivity contribution in [2.24, 2.45) is 0 Å². The third-order valence-electron chi connectivity index (χ3n) is 0.843. The second kappa shape index (κ2) is 27.7. The number of aliphatic hydroxyl groups excluding tert-OH is 6. The minimum atomic E-state index is -5.39. The summed E-state index contributed by atoms with van der Waals surface area (Å²) < 4.78 is 17.1. The van der Waals surface area contributed by atoms with Crippen molar-refractivity contribution in [1.82, 2.24) is 0 Å². The van der Waals surface area contributed by atoms with Crippen LogP contribution in [0.25, 0.3) is 0 Å². The van der Waals surface area contributed by atoms with Crippen LogP contribution >= 0.6 is 15.6 Å². The van der Waals surface area contributed by atoms with E-state index >= 15 is 0 Å². The van der Waals surface area contributed by atoms with Crippen LogP contribution < -0.4 is 29.4 Å². The Bertz CT molecular complexity index is 256. The molecule has 0 aliphatic heterocycles. The maximum Gasteiger partial charge on any atom is 2.00 e. The number of aliphatic hydroxyl groups is 6. The second-order valence-corrected chi connectivity index (χ2v) is 4.72. The van der Waals surface area contributed by atoms with Gasteiger partial charge in [-0.15, -0.1) is 0 Å². The van der Waals surface area contributed by atoms with Crippen LogP contribution in [0.1, 0.15) is 0 Å². The molecule has 0 saturated carbocycles. The number of hydrogen-bond donors (Lipinski definition) is 6. The van der Waals surface area contributed by atoms with Crippen molar-refractivity contribution in [3.05, 3.63) is 0 Å². The van der Waals surface area contributed by atoms with Gasteiger partial charge in [-0.3, -0.25) is 0 Å². The van der Waals surface area contributed by atoms with Gasteiger partial charge in [0, 0.05) is 0 Å². The molecule has 0 aliphatic rings. The standard InChI is InChI=1S/2C3H8O3.3Ni.2H3O4P/c2*4-1-3(6)2-5;;;;2*1-5(2,3)4/h2*3-6H,1-2H2;;;;2*(H3,1,2,3,4)/q;;3*+2;;/p-6. The first-order chi connectivity index (χ1) is 9.62. The first-order valence-corrected chi connectivity index (χ1v) is 7.80. The first kappa shape index (κ1) is 45.3. The van der Waals surface area contributed by atoms with Gasteiger partial charge in [0.25, 0.3) is 0 Å². The zero-order valence-corrected chi connectivity index (χ0v) is 16.5.